The van der Waals surface area contributed by atoms with E-state index in [9.17, 15) is 9.59 Å². The van der Waals surface area contributed by atoms with Crippen molar-refractivity contribution in [1.29, 1.82) is 0 Å². The Hall–Kier alpha value is -3.55. The lowest BCUT2D eigenvalue weighted by Gasteiger charge is -2.23. The molecule has 7 rings (SSSR count). The lowest BCUT2D eigenvalue weighted by atomic mass is 10.1. The van der Waals surface area contributed by atoms with Crippen LogP contribution in [0, 0.1) is 11.8 Å². The molecule has 3 aromatic rings. The number of fused-ring (bicyclic) bond motifs is 1. The number of carbonyl (C=O) groups is 2. The van der Waals surface area contributed by atoms with Crippen LogP contribution in [0.1, 0.15) is 37.7 Å². The molecule has 2 aliphatic carbocycles. The highest BCUT2D eigenvalue weighted by Crippen LogP contribution is 2.46. The number of pyridine rings is 1. The van der Waals surface area contributed by atoms with Gasteiger partial charge in [0.1, 0.15) is 11.4 Å². The first-order valence-corrected chi connectivity index (χ1v) is 12.2. The number of H-pyrrole nitrogens is 1. The highest BCUT2D eigenvalue weighted by Gasteiger charge is 2.57. The Morgan fingerprint density at radius 3 is 2.71 bits per heavy atom. The molecule has 2 saturated carbocycles. The molecule has 2 amide bonds. The number of nitrogens with zero attached hydrogens (tertiary/aromatic N) is 5. The largest absolute Gasteiger partial charge is 0.342 e. The summed E-state index contributed by atoms with van der Waals surface area (Å²) in [5, 5.41) is 8.10. The van der Waals surface area contributed by atoms with Crippen molar-refractivity contribution in [3.05, 3.63) is 48.3 Å². The van der Waals surface area contributed by atoms with E-state index in [-0.39, 0.29) is 11.8 Å². The second kappa shape index (κ2) is 7.22. The average molecular weight is 455 g/mol. The summed E-state index contributed by atoms with van der Waals surface area (Å²) in [7, 11) is 0. The van der Waals surface area contributed by atoms with Gasteiger partial charge in [-0.1, -0.05) is 6.07 Å². The summed E-state index contributed by atoms with van der Waals surface area (Å²) >= 11 is 0. The predicted octanol–water partition coefficient (Wildman–Crippen LogP) is 3.00. The third-order valence-corrected chi connectivity index (χ3v) is 7.66. The number of hydrogen-bond donors (Lipinski definition) is 1. The molecule has 0 bridgehead atoms. The molecule has 4 heterocycles. The van der Waals surface area contributed by atoms with Crippen molar-refractivity contribution < 1.29 is 9.59 Å². The predicted molar refractivity (Wildman–Crippen MR) is 127 cm³/mol. The molecule has 1 spiro atoms. The number of likely N-dealkylation sites (tertiary alicyclic amines) is 1. The Morgan fingerprint density at radius 1 is 1.09 bits per heavy atom. The van der Waals surface area contributed by atoms with Crippen molar-refractivity contribution in [1.82, 2.24) is 25.0 Å². The fourth-order valence-electron chi connectivity index (χ4n) is 5.32. The van der Waals surface area contributed by atoms with Crippen molar-refractivity contribution in [3.8, 4) is 11.3 Å². The number of amides is 2. The highest BCUT2D eigenvalue weighted by molar-refractivity contribution is 6.16. The van der Waals surface area contributed by atoms with Crippen LogP contribution in [0.5, 0.6) is 0 Å². The minimum absolute atomic E-state index is 0.115. The molecule has 4 aliphatic rings. The second-order valence-corrected chi connectivity index (χ2v) is 10.2. The molecule has 8 heteroatoms. The lowest BCUT2D eigenvalue weighted by Crippen LogP contribution is -2.41. The molecular weight excluding hydrogens is 428 g/mol. The number of benzene rings is 1. The van der Waals surface area contributed by atoms with Crippen LogP contribution in [-0.4, -0.2) is 67.8 Å². The molecule has 2 aliphatic heterocycles. The van der Waals surface area contributed by atoms with Gasteiger partial charge in [0.05, 0.1) is 17.4 Å². The molecule has 0 radical (unpaired) electrons. The van der Waals surface area contributed by atoms with Crippen LogP contribution in [-0.2, 0) is 9.59 Å². The van der Waals surface area contributed by atoms with E-state index in [2.05, 4.69) is 16.3 Å². The maximum Gasteiger partial charge on any atom is 0.256 e. The van der Waals surface area contributed by atoms with Crippen LogP contribution < -0.4 is 0 Å². The number of amidine groups is 1. The molecule has 1 aromatic carbocycles. The average Bonchev–Trinajstić information content (AvgIpc) is 3.74. The monoisotopic (exact) mass is 454 g/mol. The first kappa shape index (κ1) is 19.9. The van der Waals surface area contributed by atoms with Crippen LogP contribution in [0.25, 0.3) is 22.2 Å². The van der Waals surface area contributed by atoms with Gasteiger partial charge in [-0.05, 0) is 62.3 Å². The van der Waals surface area contributed by atoms with Crippen LogP contribution in [0.3, 0.4) is 0 Å². The molecule has 1 saturated heterocycles. The highest BCUT2D eigenvalue weighted by atomic mass is 16.2. The van der Waals surface area contributed by atoms with E-state index in [1.165, 1.54) is 0 Å². The maximum atomic E-state index is 13.3. The van der Waals surface area contributed by atoms with E-state index in [0.29, 0.717) is 18.4 Å². The third kappa shape index (κ3) is 3.23. The molecule has 8 nitrogen and oxygen atoms in total. The van der Waals surface area contributed by atoms with Gasteiger partial charge in [0.25, 0.3) is 5.91 Å². The van der Waals surface area contributed by atoms with Gasteiger partial charge in [-0.2, -0.15) is 5.10 Å². The molecule has 172 valence electrons. The Kier molecular flexibility index (Phi) is 4.22. The first-order chi connectivity index (χ1) is 16.6. The zero-order valence-electron chi connectivity index (χ0n) is 18.9. The second-order valence-electron chi connectivity index (χ2n) is 10.2. The topological polar surface area (TPSA) is 94.6 Å². The van der Waals surface area contributed by atoms with E-state index in [1.807, 2.05) is 40.3 Å². The summed E-state index contributed by atoms with van der Waals surface area (Å²) in [5.41, 5.74) is 3.20. The maximum absolute atomic E-state index is 13.3. The quantitative estimate of drug-likeness (QED) is 0.641. The first-order valence-electron chi connectivity index (χ1n) is 12.2. The zero-order chi connectivity index (χ0) is 22.9. The number of aliphatic imine (C=N–C) groups is 1. The summed E-state index contributed by atoms with van der Waals surface area (Å²) in [6, 6.07) is 10.1. The van der Waals surface area contributed by atoms with E-state index >= 15 is 0 Å². The number of aromatic nitrogens is 3. The summed E-state index contributed by atoms with van der Waals surface area (Å²) in [6.07, 6.45) is 8.27. The molecule has 0 unspecified atom stereocenters. The number of rotatable bonds is 5. The minimum atomic E-state index is -0.553. The van der Waals surface area contributed by atoms with Gasteiger partial charge in [0.2, 0.25) is 5.91 Å². The summed E-state index contributed by atoms with van der Waals surface area (Å²) in [4.78, 5) is 39.2. The van der Waals surface area contributed by atoms with Crippen molar-refractivity contribution in [2.24, 2.45) is 16.8 Å². The number of hydrogen-bond acceptors (Lipinski definition) is 5. The molecule has 34 heavy (non-hydrogen) atoms. The number of aromatic amines is 1. The van der Waals surface area contributed by atoms with Gasteiger partial charge in [-0.25, -0.2) is 0 Å². The summed E-state index contributed by atoms with van der Waals surface area (Å²) in [5.74, 6) is 1.69. The van der Waals surface area contributed by atoms with Gasteiger partial charge in [-0.3, -0.25) is 29.6 Å². The van der Waals surface area contributed by atoms with Crippen LogP contribution in [0.2, 0.25) is 0 Å². The molecule has 3 fully saturated rings. The van der Waals surface area contributed by atoms with E-state index in [1.54, 1.807) is 6.20 Å². The normalized spacial score (nSPS) is 23.2. The van der Waals surface area contributed by atoms with E-state index < -0.39 is 5.54 Å². The van der Waals surface area contributed by atoms with Crippen LogP contribution in [0.4, 0.5) is 0 Å². The lowest BCUT2D eigenvalue weighted by molar-refractivity contribution is -0.131. The van der Waals surface area contributed by atoms with Crippen molar-refractivity contribution in [2.75, 3.05) is 19.6 Å². The Morgan fingerprint density at radius 2 is 1.94 bits per heavy atom. The Labute approximate surface area is 197 Å². The SMILES string of the molecule is O=C(C1CC1)N1CC[C@@H](CN2C(=O)C3(CC3)N=C2c2ccc(-c3ccc4[nH]ncc4c3)nc2)C1. The van der Waals surface area contributed by atoms with Crippen molar-refractivity contribution in [2.45, 2.75) is 37.6 Å². The van der Waals surface area contributed by atoms with Crippen molar-refractivity contribution >= 4 is 28.6 Å². The number of nitrogens with one attached hydrogen (secondary N) is 1. The van der Waals surface area contributed by atoms with Gasteiger partial charge < -0.3 is 4.90 Å². The van der Waals surface area contributed by atoms with Gasteiger partial charge >= 0.3 is 0 Å². The Bertz CT molecular complexity index is 1330. The fraction of sp³-hybridized carbons (Fsp3) is 0.423. The molecule has 1 N–H and O–H groups in total. The fourth-order valence-corrected chi connectivity index (χ4v) is 5.32. The van der Waals surface area contributed by atoms with Crippen LogP contribution in [0.15, 0.2) is 47.7 Å². The van der Waals surface area contributed by atoms with Gasteiger partial charge in [0.15, 0.2) is 0 Å². The van der Waals surface area contributed by atoms with Crippen LogP contribution >= 0.6 is 0 Å². The van der Waals surface area contributed by atoms with Gasteiger partial charge in [-0.15, -0.1) is 0 Å². The summed E-state index contributed by atoms with van der Waals surface area (Å²) < 4.78 is 0. The molecule has 2 aromatic heterocycles. The van der Waals surface area contributed by atoms with E-state index in [4.69, 9.17) is 9.98 Å². The van der Waals surface area contributed by atoms with Gasteiger partial charge in [0, 0.05) is 48.3 Å². The standard InChI is InChI=1S/C26H26N6O2/c33-24(17-1-2-17)31-10-7-16(14-31)15-32-23(29-26(8-9-26)25(32)34)19-4-5-21(27-12-19)18-3-6-22-20(11-18)13-28-30-22/h3-6,11-13,16-17H,1-2,7-10,14-15H2,(H,28,30)/t16-/m1/s1. The van der Waals surface area contributed by atoms with Crippen molar-refractivity contribution in [3.63, 3.8) is 0 Å². The summed E-state index contributed by atoms with van der Waals surface area (Å²) in [6.45, 7) is 2.16. The number of carbonyl (C=O) groups excluding carboxylic acids is 2. The minimum Gasteiger partial charge on any atom is -0.342 e. The molecule has 1 atom stereocenters. The molecular formula is C26H26N6O2. The Balaban J connectivity index is 1.12. The smallest absolute Gasteiger partial charge is 0.256 e. The zero-order valence-corrected chi connectivity index (χ0v) is 18.9. The van der Waals surface area contributed by atoms with E-state index in [0.717, 1.165) is 78.8 Å². The third-order valence-electron chi connectivity index (χ3n) is 7.66.